The average Bonchev–Trinajstić information content (AvgIpc) is 3.90. The number of thiophene rings is 2. The van der Waals surface area contributed by atoms with Gasteiger partial charge in [-0.1, -0.05) is 36.0 Å². The Labute approximate surface area is 272 Å². The Bertz CT molecular complexity index is 1770. The molecule has 1 N–H and O–H groups in total. The van der Waals surface area contributed by atoms with Crippen LogP contribution in [0.5, 0.6) is 11.5 Å². The van der Waals surface area contributed by atoms with Crippen LogP contribution in [-0.4, -0.2) is 56.8 Å². The van der Waals surface area contributed by atoms with Crippen molar-refractivity contribution < 1.29 is 19.1 Å². The van der Waals surface area contributed by atoms with Gasteiger partial charge in [0.2, 0.25) is 0 Å². The van der Waals surface area contributed by atoms with Crippen LogP contribution in [0.25, 0.3) is 5.69 Å². The van der Waals surface area contributed by atoms with E-state index in [4.69, 9.17) is 14.6 Å². The number of amides is 2. The predicted octanol–water partition coefficient (Wildman–Crippen LogP) is 6.20. The summed E-state index contributed by atoms with van der Waals surface area (Å²) >= 11 is 4.25. The molecule has 0 saturated heterocycles. The number of hydrogen-bond acceptors (Lipinski definition) is 10. The fourth-order valence-corrected chi connectivity index (χ4v) is 7.07. The molecule has 0 saturated carbocycles. The van der Waals surface area contributed by atoms with E-state index in [2.05, 4.69) is 15.5 Å². The molecule has 0 spiro atoms. The van der Waals surface area contributed by atoms with Crippen molar-refractivity contribution in [3.8, 4) is 17.2 Å². The minimum absolute atomic E-state index is 0.0879. The first-order valence-corrected chi connectivity index (χ1v) is 17.0. The summed E-state index contributed by atoms with van der Waals surface area (Å²) in [5.41, 5.74) is 2.64. The summed E-state index contributed by atoms with van der Waals surface area (Å²) < 4.78 is 12.8. The smallest absolute Gasteiger partial charge is 0.261 e. The highest BCUT2D eigenvalue weighted by Crippen LogP contribution is 2.35. The number of thioether (sulfide) groups is 1. The highest BCUT2D eigenvalue weighted by atomic mass is 32.2. The van der Waals surface area contributed by atoms with E-state index in [0.717, 1.165) is 33.3 Å². The van der Waals surface area contributed by atoms with E-state index in [-0.39, 0.29) is 30.2 Å². The van der Waals surface area contributed by atoms with E-state index in [9.17, 15) is 9.59 Å². The number of aromatic nitrogens is 3. The number of nitrogens with one attached hydrogen (secondary N) is 1. The minimum atomic E-state index is -0.242. The highest BCUT2D eigenvalue weighted by molar-refractivity contribution is 7.99. The Morgan fingerprint density at radius 3 is 2.42 bits per heavy atom. The van der Waals surface area contributed by atoms with E-state index in [1.807, 2.05) is 89.0 Å². The van der Waals surface area contributed by atoms with Gasteiger partial charge in [0.05, 0.1) is 47.5 Å². The van der Waals surface area contributed by atoms with Crippen LogP contribution in [0.4, 0.5) is 0 Å². The molecule has 0 aliphatic carbocycles. The number of rotatable bonds is 12. The number of methoxy groups -OCH3 is 1. The molecule has 3 aromatic heterocycles. The van der Waals surface area contributed by atoms with Crippen LogP contribution < -0.4 is 14.8 Å². The average molecular weight is 659 g/mol. The van der Waals surface area contributed by atoms with Crippen molar-refractivity contribution in [3.05, 3.63) is 105 Å². The first kappa shape index (κ1) is 30.6. The maximum atomic E-state index is 13.8. The van der Waals surface area contributed by atoms with Crippen LogP contribution in [0.3, 0.4) is 0 Å². The monoisotopic (exact) mass is 658 g/mol. The van der Waals surface area contributed by atoms with Crippen molar-refractivity contribution in [2.45, 2.75) is 31.1 Å². The van der Waals surface area contributed by atoms with Crippen LogP contribution in [0.2, 0.25) is 0 Å². The molecule has 230 valence electrons. The Hall–Kier alpha value is -4.46. The summed E-state index contributed by atoms with van der Waals surface area (Å²) in [6.45, 7) is 2.65. The second kappa shape index (κ2) is 14.1. The molecule has 2 amide bonds. The zero-order valence-electron chi connectivity index (χ0n) is 24.6. The molecule has 0 unspecified atom stereocenters. The van der Waals surface area contributed by atoms with Crippen molar-refractivity contribution in [2.75, 3.05) is 19.5 Å². The number of ether oxygens (including phenoxy) is 2. The molecule has 2 aromatic carbocycles. The lowest BCUT2D eigenvalue weighted by Crippen LogP contribution is -2.28. The van der Waals surface area contributed by atoms with E-state index in [1.165, 1.54) is 23.1 Å². The lowest BCUT2D eigenvalue weighted by molar-refractivity contribution is -0.130. The maximum Gasteiger partial charge on any atom is 0.261 e. The Morgan fingerprint density at radius 1 is 0.978 bits per heavy atom. The van der Waals surface area contributed by atoms with E-state index < -0.39 is 0 Å². The lowest BCUT2D eigenvalue weighted by atomic mass is 10.0. The molecule has 10 nitrogen and oxygen atoms in total. The Kier molecular flexibility index (Phi) is 9.58. The third-order valence-corrected chi connectivity index (χ3v) is 9.76. The largest absolute Gasteiger partial charge is 0.497 e. The van der Waals surface area contributed by atoms with Crippen LogP contribution >= 0.6 is 34.4 Å². The predicted molar refractivity (Wildman–Crippen MR) is 177 cm³/mol. The normalized spacial score (nSPS) is 14.3. The number of carbonyl (C=O) groups is 2. The zero-order chi connectivity index (χ0) is 31.2. The van der Waals surface area contributed by atoms with Gasteiger partial charge in [0, 0.05) is 12.1 Å². The molecule has 0 bridgehead atoms. The number of nitrogens with zero attached hydrogens (tertiary/aromatic N) is 5. The highest BCUT2D eigenvalue weighted by Gasteiger charge is 2.33. The van der Waals surface area contributed by atoms with Crippen molar-refractivity contribution in [2.24, 2.45) is 5.10 Å². The minimum Gasteiger partial charge on any atom is -0.497 e. The van der Waals surface area contributed by atoms with Crippen LogP contribution in [0, 0.1) is 0 Å². The Morgan fingerprint density at radius 2 is 1.73 bits per heavy atom. The van der Waals surface area contributed by atoms with E-state index >= 15 is 0 Å². The van der Waals surface area contributed by atoms with Crippen LogP contribution in [0.15, 0.2) is 93.8 Å². The van der Waals surface area contributed by atoms with Gasteiger partial charge in [0.1, 0.15) is 11.5 Å². The number of carbonyl (C=O) groups excluding carboxylic acids is 2. The lowest BCUT2D eigenvalue weighted by Gasteiger charge is -2.22. The summed E-state index contributed by atoms with van der Waals surface area (Å²) in [6, 6.07) is 22.7. The first-order chi connectivity index (χ1) is 22.0. The molecule has 1 atom stereocenters. The second-order valence-electron chi connectivity index (χ2n) is 9.87. The molecule has 0 fully saturated rings. The standard InChI is InChI=1S/C32H30N6O4S3/c1-3-42-24-14-10-22(11-15-24)37-29(19-33-31(40)28-7-5-17-44-28)34-35-32(37)45-20-30(39)38-26(21-8-12-23(41-2)13-9-21)18-25(36-38)27-6-4-16-43-27/h4-17,26H,3,18-20H2,1-2H3,(H,33,40)/t26-/m0/s1. The molecule has 1 aliphatic heterocycles. The number of hydrogen-bond donors (Lipinski definition) is 1. The van der Waals surface area contributed by atoms with Crippen molar-refractivity contribution >= 4 is 52.0 Å². The molecule has 4 heterocycles. The van der Waals surface area contributed by atoms with Gasteiger partial charge in [0.25, 0.3) is 11.8 Å². The topological polar surface area (TPSA) is 111 Å². The van der Waals surface area contributed by atoms with Crippen molar-refractivity contribution in [1.29, 1.82) is 0 Å². The van der Waals surface area contributed by atoms with Gasteiger partial charge < -0.3 is 14.8 Å². The van der Waals surface area contributed by atoms with Gasteiger partial charge in [-0.25, -0.2) is 5.01 Å². The summed E-state index contributed by atoms with van der Waals surface area (Å²) in [5.74, 6) is 1.78. The molecule has 5 aromatic rings. The molecular weight excluding hydrogens is 629 g/mol. The van der Waals surface area contributed by atoms with Gasteiger partial charge in [-0.15, -0.1) is 32.9 Å². The van der Waals surface area contributed by atoms with Gasteiger partial charge >= 0.3 is 0 Å². The summed E-state index contributed by atoms with van der Waals surface area (Å²) in [6.07, 6.45) is 0.611. The third kappa shape index (κ3) is 6.95. The zero-order valence-corrected chi connectivity index (χ0v) is 27.0. The van der Waals surface area contributed by atoms with Gasteiger partial charge in [-0.05, 0) is 71.8 Å². The number of hydrazone groups is 1. The van der Waals surface area contributed by atoms with Crippen LogP contribution in [-0.2, 0) is 11.3 Å². The van der Waals surface area contributed by atoms with Crippen molar-refractivity contribution in [1.82, 2.24) is 25.1 Å². The fraction of sp³-hybridized carbons (Fsp3) is 0.219. The molecule has 6 rings (SSSR count). The van der Waals surface area contributed by atoms with E-state index in [1.54, 1.807) is 29.5 Å². The third-order valence-electron chi connectivity index (χ3n) is 7.06. The first-order valence-electron chi connectivity index (χ1n) is 14.2. The Balaban J connectivity index is 1.24. The quantitative estimate of drug-likeness (QED) is 0.159. The van der Waals surface area contributed by atoms with E-state index in [0.29, 0.717) is 28.9 Å². The fourth-order valence-electron chi connectivity index (χ4n) is 4.89. The molecule has 0 radical (unpaired) electrons. The van der Waals surface area contributed by atoms with Gasteiger partial charge in [0.15, 0.2) is 11.0 Å². The van der Waals surface area contributed by atoms with Gasteiger partial charge in [-0.3, -0.25) is 14.2 Å². The number of benzene rings is 2. The SMILES string of the molecule is CCOc1ccc(-n2c(CNC(=O)c3cccs3)nnc2SCC(=O)N2N=C(c3cccs3)C[C@H]2c2ccc(OC)cc2)cc1. The summed E-state index contributed by atoms with van der Waals surface area (Å²) in [5, 5.41) is 22.5. The molecular formula is C32H30N6O4S3. The molecule has 13 heteroatoms. The molecule has 45 heavy (non-hydrogen) atoms. The van der Waals surface area contributed by atoms with Crippen molar-refractivity contribution in [3.63, 3.8) is 0 Å². The summed E-state index contributed by atoms with van der Waals surface area (Å²) in [4.78, 5) is 28.1. The molecule has 1 aliphatic rings. The van der Waals surface area contributed by atoms with Crippen LogP contribution in [0.1, 0.15) is 45.3 Å². The summed E-state index contributed by atoms with van der Waals surface area (Å²) in [7, 11) is 1.63. The van der Waals surface area contributed by atoms with Gasteiger partial charge in [-0.2, -0.15) is 5.10 Å². The second-order valence-corrected chi connectivity index (χ2v) is 12.7. The maximum absolute atomic E-state index is 13.8.